The summed E-state index contributed by atoms with van der Waals surface area (Å²) >= 11 is 0. The van der Waals surface area contributed by atoms with Gasteiger partial charge in [-0.1, -0.05) is 30.9 Å². The number of rotatable bonds is 3. The molecule has 2 heteroatoms. The summed E-state index contributed by atoms with van der Waals surface area (Å²) in [5, 5.41) is 0. The molecule has 0 heterocycles. The van der Waals surface area contributed by atoms with Gasteiger partial charge in [-0.15, -0.1) is 0 Å². The van der Waals surface area contributed by atoms with E-state index in [0.29, 0.717) is 0 Å². The zero-order valence-corrected chi connectivity index (χ0v) is 10.0. The van der Waals surface area contributed by atoms with Gasteiger partial charge in [-0.2, -0.15) is 0 Å². The van der Waals surface area contributed by atoms with Gasteiger partial charge in [0.05, 0.1) is 5.60 Å². The van der Waals surface area contributed by atoms with Crippen LogP contribution in [0.2, 0.25) is 0 Å². The van der Waals surface area contributed by atoms with Crippen molar-refractivity contribution in [2.75, 3.05) is 0 Å². The standard InChI is InChI=1S/C13H13OSi/c1-9(13(2,3)14-15)11-6-4-10-5-7-12(10)8-11/h4-8H,1H2,2-3H3. The van der Waals surface area contributed by atoms with Crippen molar-refractivity contribution in [3.05, 3.63) is 41.5 Å². The molecular weight excluding hydrogens is 200 g/mol. The lowest BCUT2D eigenvalue weighted by Gasteiger charge is -2.27. The molecule has 0 saturated heterocycles. The fourth-order valence-electron chi connectivity index (χ4n) is 1.55. The zero-order valence-electron chi connectivity index (χ0n) is 9.00. The lowest BCUT2D eigenvalue weighted by Crippen LogP contribution is -2.24. The Hall–Kier alpha value is -1.12. The van der Waals surface area contributed by atoms with E-state index in [9.17, 15) is 0 Å². The molecule has 3 radical (unpaired) electrons. The predicted octanol–water partition coefficient (Wildman–Crippen LogP) is 3.06. The summed E-state index contributed by atoms with van der Waals surface area (Å²) in [5.41, 5.74) is 4.28. The minimum Gasteiger partial charge on any atom is -0.410 e. The van der Waals surface area contributed by atoms with E-state index >= 15 is 0 Å². The maximum atomic E-state index is 5.23. The van der Waals surface area contributed by atoms with Gasteiger partial charge >= 0.3 is 0 Å². The Morgan fingerprint density at radius 3 is 2.40 bits per heavy atom. The zero-order chi connectivity index (χ0) is 11.1. The third kappa shape index (κ3) is 1.71. The molecular formula is C13H13OSi. The first-order valence-corrected chi connectivity index (χ1v) is 5.32. The van der Waals surface area contributed by atoms with Crippen LogP contribution in [0.3, 0.4) is 0 Å². The van der Waals surface area contributed by atoms with Crippen molar-refractivity contribution in [1.82, 2.24) is 0 Å². The van der Waals surface area contributed by atoms with Gasteiger partial charge in [0.2, 0.25) is 10.5 Å². The average Bonchev–Trinajstić information content (AvgIpc) is 2.19. The molecule has 0 fully saturated rings. The second kappa shape index (κ2) is 3.47. The first-order chi connectivity index (χ1) is 7.04. The van der Waals surface area contributed by atoms with Crippen LogP contribution in [-0.4, -0.2) is 16.1 Å². The van der Waals surface area contributed by atoms with Crippen molar-refractivity contribution in [2.24, 2.45) is 0 Å². The summed E-state index contributed by atoms with van der Waals surface area (Å²) in [7, 11) is 3.09. The second-order valence-corrected chi connectivity index (χ2v) is 4.47. The molecule has 0 amide bonds. The summed E-state index contributed by atoms with van der Waals surface area (Å²) < 4.78 is 5.23. The van der Waals surface area contributed by atoms with Crippen LogP contribution in [0.15, 0.2) is 24.8 Å². The van der Waals surface area contributed by atoms with Crippen LogP contribution >= 0.6 is 0 Å². The molecule has 0 atom stereocenters. The van der Waals surface area contributed by atoms with Crippen LogP contribution in [0.4, 0.5) is 0 Å². The van der Waals surface area contributed by atoms with Crippen LogP contribution in [0.5, 0.6) is 0 Å². The van der Waals surface area contributed by atoms with Crippen molar-refractivity contribution in [3.8, 4) is 0 Å². The smallest absolute Gasteiger partial charge is 0.247 e. The van der Waals surface area contributed by atoms with Gasteiger partial charge < -0.3 is 4.43 Å². The Morgan fingerprint density at radius 2 is 1.93 bits per heavy atom. The van der Waals surface area contributed by atoms with Gasteiger partial charge in [0, 0.05) is 0 Å². The molecule has 15 heavy (non-hydrogen) atoms. The molecule has 0 aromatic heterocycles. The summed E-state index contributed by atoms with van der Waals surface area (Å²) in [5.74, 6) is 0. The van der Waals surface area contributed by atoms with Gasteiger partial charge in [0.1, 0.15) is 0 Å². The highest BCUT2D eigenvalue weighted by atomic mass is 28.2. The maximum absolute atomic E-state index is 5.23. The molecule has 0 bridgehead atoms. The van der Waals surface area contributed by atoms with Crippen LogP contribution in [-0.2, 0) is 4.43 Å². The van der Waals surface area contributed by atoms with E-state index in [1.165, 1.54) is 11.1 Å². The van der Waals surface area contributed by atoms with Crippen LogP contribution in [0, 0.1) is 0 Å². The van der Waals surface area contributed by atoms with E-state index in [1.807, 2.05) is 13.8 Å². The lowest BCUT2D eigenvalue weighted by atomic mass is 9.88. The summed E-state index contributed by atoms with van der Waals surface area (Å²) in [6, 6.07) is 6.34. The normalized spacial score (nSPS) is 13.3. The number of hydrogen-bond donors (Lipinski definition) is 0. The minimum atomic E-state index is -0.390. The molecule has 1 nitrogen and oxygen atoms in total. The number of fused-ring (bicyclic) bond motifs is 1. The molecule has 1 aromatic carbocycles. The quantitative estimate of drug-likeness (QED) is 0.712. The topological polar surface area (TPSA) is 9.23 Å². The summed E-state index contributed by atoms with van der Waals surface area (Å²) in [4.78, 5) is 0. The summed E-state index contributed by atoms with van der Waals surface area (Å²) in [6.07, 6.45) is 4.21. The first-order valence-electron chi connectivity index (χ1n) is 4.91. The molecule has 0 N–H and O–H groups in total. The van der Waals surface area contributed by atoms with E-state index in [4.69, 9.17) is 4.43 Å². The molecule has 0 saturated carbocycles. The molecule has 0 unspecified atom stereocenters. The van der Waals surface area contributed by atoms with Crippen molar-refractivity contribution < 1.29 is 4.43 Å². The molecule has 75 valence electrons. The third-order valence-electron chi connectivity index (χ3n) is 2.86. The highest BCUT2D eigenvalue weighted by molar-refractivity contribution is 5.99. The Labute approximate surface area is 94.0 Å². The monoisotopic (exact) mass is 213 g/mol. The van der Waals surface area contributed by atoms with Gasteiger partial charge in [-0.05, 0) is 42.2 Å². The fourth-order valence-corrected chi connectivity index (χ4v) is 1.67. The second-order valence-electron chi connectivity index (χ2n) is 4.27. The molecule has 1 aliphatic carbocycles. The first kappa shape index (κ1) is 10.4. The average molecular weight is 213 g/mol. The van der Waals surface area contributed by atoms with Crippen LogP contribution in [0.25, 0.3) is 17.7 Å². The molecule has 0 aliphatic heterocycles. The van der Waals surface area contributed by atoms with E-state index in [0.717, 1.165) is 11.1 Å². The minimum absolute atomic E-state index is 0.390. The fraction of sp³-hybridized carbons (Fsp3) is 0.231. The molecule has 2 rings (SSSR count). The Bertz CT molecular complexity index is 444. The maximum Gasteiger partial charge on any atom is 0.247 e. The van der Waals surface area contributed by atoms with Gasteiger partial charge in [-0.25, -0.2) is 0 Å². The lowest BCUT2D eigenvalue weighted by molar-refractivity contribution is 0.192. The Morgan fingerprint density at radius 1 is 1.27 bits per heavy atom. The van der Waals surface area contributed by atoms with Crippen LogP contribution in [0.1, 0.15) is 30.5 Å². The van der Waals surface area contributed by atoms with E-state index < -0.39 is 5.60 Å². The largest absolute Gasteiger partial charge is 0.410 e. The van der Waals surface area contributed by atoms with E-state index in [-0.39, 0.29) is 0 Å². The van der Waals surface area contributed by atoms with E-state index in [1.54, 1.807) is 0 Å². The van der Waals surface area contributed by atoms with Crippen molar-refractivity contribution in [3.63, 3.8) is 0 Å². The van der Waals surface area contributed by atoms with Crippen molar-refractivity contribution >= 4 is 28.2 Å². The van der Waals surface area contributed by atoms with Gasteiger partial charge in [0.25, 0.3) is 0 Å². The van der Waals surface area contributed by atoms with E-state index in [2.05, 4.69) is 47.4 Å². The highest BCUT2D eigenvalue weighted by Crippen LogP contribution is 2.32. The number of benzene rings is 1. The van der Waals surface area contributed by atoms with Gasteiger partial charge in [-0.3, -0.25) is 0 Å². The van der Waals surface area contributed by atoms with Crippen molar-refractivity contribution in [1.29, 1.82) is 0 Å². The Balaban J connectivity index is 2.32. The third-order valence-corrected chi connectivity index (χ3v) is 3.37. The Kier molecular flexibility index (Phi) is 2.41. The molecule has 1 aromatic rings. The highest BCUT2D eigenvalue weighted by Gasteiger charge is 2.22. The predicted molar refractivity (Wildman–Crippen MR) is 65.3 cm³/mol. The number of hydrogen-bond acceptors (Lipinski definition) is 1. The SMILES string of the molecule is C=C(c1ccc2c(c1)C=C2)C(C)(C)O[Si]. The molecule has 0 spiro atoms. The van der Waals surface area contributed by atoms with Crippen molar-refractivity contribution in [2.45, 2.75) is 19.4 Å². The summed E-state index contributed by atoms with van der Waals surface area (Å²) in [6.45, 7) is 8.05. The van der Waals surface area contributed by atoms with Crippen LogP contribution < -0.4 is 0 Å². The molecule has 1 aliphatic rings. The van der Waals surface area contributed by atoms with Gasteiger partial charge in [0.15, 0.2) is 0 Å².